The first-order valence-electron chi connectivity index (χ1n) is 20.6. The predicted molar refractivity (Wildman–Crippen MR) is 234 cm³/mol. The van der Waals surface area contributed by atoms with Crippen molar-refractivity contribution in [2.75, 3.05) is 26.2 Å². The maximum absolute atomic E-state index is 13.9. The van der Waals surface area contributed by atoms with E-state index in [9.17, 15) is 19.2 Å². The van der Waals surface area contributed by atoms with E-state index in [0.29, 0.717) is 47.4 Å². The van der Waals surface area contributed by atoms with Gasteiger partial charge in [-0.1, -0.05) is 13.8 Å². The number of hydrogen-bond acceptors (Lipinski definition) is 9. The molecule has 6 heterocycles. The zero-order chi connectivity index (χ0) is 43.0. The Morgan fingerprint density at radius 2 is 1.53 bits per heavy atom. The second kappa shape index (κ2) is 14.8. The standard InChI is InChI=1S/C48H52N6O6/c1-10-28-24(3)34-20-35-25(4)29(13-16-41(56)59-8)36(50-35)21-37-30(14-17-42(57)60-9)26(5)43(52-37)31-19-32(46(49)58)45-48(11-2)44(31)53-40(22-38(28)51-34)47(48,6)33-18-27(23-55)12-15-39(33)54(45)7/h12,15,18-23,45,50-51H,10-11,13-14,16-17H2,1-9H3,(H2,49,58). The quantitative estimate of drug-likeness (QED) is 0.107. The Labute approximate surface area is 349 Å². The molecule has 12 heteroatoms. The monoisotopic (exact) mass is 808 g/mol. The molecule has 4 aromatic rings. The Morgan fingerprint density at radius 1 is 0.883 bits per heavy atom. The van der Waals surface area contributed by atoms with Crippen LogP contribution in [0.2, 0.25) is 0 Å². The number of fused-ring (bicyclic) bond motifs is 11. The van der Waals surface area contributed by atoms with Crippen LogP contribution in [0, 0.1) is 13.8 Å². The van der Waals surface area contributed by atoms with Gasteiger partial charge in [-0.3, -0.25) is 24.2 Å². The number of likely N-dealkylation sites (N-methyl/N-ethyl adjacent to an activating group) is 1. The number of aromatic amines is 2. The number of carbonyl (C=O) groups excluding carboxylic acids is 4. The van der Waals surface area contributed by atoms with Crippen molar-refractivity contribution in [2.24, 2.45) is 5.73 Å². The fourth-order valence-corrected chi connectivity index (χ4v) is 10.8. The van der Waals surface area contributed by atoms with Gasteiger partial charge in [-0.15, -0.1) is 0 Å². The Morgan fingerprint density at radius 3 is 2.15 bits per heavy atom. The number of methoxy groups -OCH3 is 2. The van der Waals surface area contributed by atoms with Gasteiger partial charge in [-0.2, -0.15) is 0 Å². The maximum Gasteiger partial charge on any atom is 0.305 e. The summed E-state index contributed by atoms with van der Waals surface area (Å²) >= 11 is 0. The van der Waals surface area contributed by atoms with E-state index in [1.165, 1.54) is 14.2 Å². The molecule has 4 N–H and O–H groups in total. The molecule has 0 fully saturated rings. The Bertz CT molecular complexity index is 2790. The SMILES string of the molecule is CCc1c(C)c2cc3[nH]c(cc4nc(c5c6nc(cc1[nH]2)C1(C)c2cc(C=O)ccc2N(C)C(C(C(N)=O)=C5)C61CC)C(C)=C4CCC(=O)OC)c(CCC(=O)OC)c3C. The lowest BCUT2D eigenvalue weighted by Crippen LogP contribution is -2.64. The number of aromatic nitrogens is 4. The maximum atomic E-state index is 13.9. The average molecular weight is 809 g/mol. The highest BCUT2D eigenvalue weighted by molar-refractivity contribution is 6.04. The fraction of sp³-hybridized carbons (Fsp3) is 0.375. The second-order valence-corrected chi connectivity index (χ2v) is 16.6. The number of nitrogens with zero attached hydrogens (tertiary/aromatic N) is 3. The molecule has 0 spiro atoms. The van der Waals surface area contributed by atoms with Crippen molar-refractivity contribution in [2.45, 2.75) is 96.9 Å². The number of nitrogens with one attached hydrogen (secondary N) is 2. The van der Waals surface area contributed by atoms with E-state index in [0.717, 1.165) is 90.8 Å². The van der Waals surface area contributed by atoms with Crippen molar-refractivity contribution in [3.63, 3.8) is 0 Å². The molecule has 1 aromatic carbocycles. The van der Waals surface area contributed by atoms with Gasteiger partial charge in [0.05, 0.1) is 53.9 Å². The minimum absolute atomic E-state index is 0.125. The van der Waals surface area contributed by atoms with E-state index < -0.39 is 22.8 Å². The number of carbonyl (C=O) groups is 4. The molecule has 60 heavy (non-hydrogen) atoms. The lowest BCUT2D eigenvalue weighted by atomic mass is 9.49. The summed E-state index contributed by atoms with van der Waals surface area (Å²) in [6.45, 7) is 12.6. The van der Waals surface area contributed by atoms with Crippen molar-refractivity contribution in [3.05, 3.63) is 104 Å². The summed E-state index contributed by atoms with van der Waals surface area (Å²) in [5.41, 5.74) is 20.4. The van der Waals surface area contributed by atoms with E-state index in [1.54, 1.807) is 0 Å². The Hall–Kier alpha value is -6.30. The number of anilines is 1. The van der Waals surface area contributed by atoms with E-state index in [-0.39, 0.29) is 24.8 Å². The summed E-state index contributed by atoms with van der Waals surface area (Å²) in [5, 5.41) is 0. The number of rotatable bonds is 10. The largest absolute Gasteiger partial charge is 0.469 e. The molecule has 12 nitrogen and oxygen atoms in total. The number of primary amides is 1. The minimum atomic E-state index is -0.854. The number of benzene rings is 1. The van der Waals surface area contributed by atoms with Crippen molar-refractivity contribution >= 4 is 69.1 Å². The van der Waals surface area contributed by atoms with Crippen LogP contribution < -0.4 is 10.6 Å². The van der Waals surface area contributed by atoms with Gasteiger partial charge in [0.1, 0.15) is 6.29 Å². The van der Waals surface area contributed by atoms with Gasteiger partial charge in [-0.05, 0) is 135 Å². The van der Waals surface area contributed by atoms with Gasteiger partial charge < -0.3 is 30.1 Å². The van der Waals surface area contributed by atoms with E-state index in [4.69, 9.17) is 25.2 Å². The highest BCUT2D eigenvalue weighted by atomic mass is 16.5. The van der Waals surface area contributed by atoms with Crippen LogP contribution in [0.25, 0.3) is 39.3 Å². The third kappa shape index (κ3) is 5.70. The molecule has 1 amide bonds. The topological polar surface area (TPSA) is 173 Å². The number of aldehydes is 1. The first kappa shape index (κ1) is 40.5. The second-order valence-electron chi connectivity index (χ2n) is 16.6. The summed E-state index contributed by atoms with van der Waals surface area (Å²) in [6.07, 6.45) is 5.15. The Kier molecular flexibility index (Phi) is 9.96. The van der Waals surface area contributed by atoms with Crippen LogP contribution >= 0.6 is 0 Å². The van der Waals surface area contributed by atoms with Gasteiger partial charge in [0, 0.05) is 64.3 Å². The lowest BCUT2D eigenvalue weighted by molar-refractivity contribution is -0.141. The van der Waals surface area contributed by atoms with Crippen LogP contribution in [-0.2, 0) is 47.5 Å². The zero-order valence-electron chi connectivity index (χ0n) is 35.8. The number of nitrogens with two attached hydrogens (primary N) is 1. The van der Waals surface area contributed by atoms with Crippen LogP contribution in [-0.4, -0.2) is 71.4 Å². The average Bonchev–Trinajstić information content (AvgIpc) is 3.90. The van der Waals surface area contributed by atoms with Crippen LogP contribution in [0.4, 0.5) is 5.69 Å². The molecule has 8 rings (SSSR count). The van der Waals surface area contributed by atoms with Gasteiger partial charge in [0.25, 0.3) is 0 Å². The smallest absolute Gasteiger partial charge is 0.305 e. The number of aryl methyl sites for hydroxylation is 4. The molecule has 0 saturated heterocycles. The molecule has 3 aliphatic heterocycles. The number of ether oxygens (including phenoxy) is 2. The fourth-order valence-electron chi connectivity index (χ4n) is 10.8. The third-order valence-corrected chi connectivity index (χ3v) is 14.0. The van der Waals surface area contributed by atoms with Gasteiger partial charge in [0.15, 0.2) is 0 Å². The summed E-state index contributed by atoms with van der Waals surface area (Å²) in [5.74, 6) is -1.21. The summed E-state index contributed by atoms with van der Waals surface area (Å²) in [4.78, 5) is 72.1. The minimum Gasteiger partial charge on any atom is -0.469 e. The number of H-pyrrole nitrogens is 2. The van der Waals surface area contributed by atoms with Crippen molar-refractivity contribution < 1.29 is 28.7 Å². The van der Waals surface area contributed by atoms with Crippen LogP contribution in [0.3, 0.4) is 0 Å². The van der Waals surface area contributed by atoms with Crippen molar-refractivity contribution in [3.8, 4) is 0 Å². The molecule has 3 atom stereocenters. The predicted octanol–water partition coefficient (Wildman–Crippen LogP) is 7.65. The molecule has 310 valence electrons. The highest BCUT2D eigenvalue weighted by Gasteiger charge is 2.67. The van der Waals surface area contributed by atoms with Gasteiger partial charge >= 0.3 is 11.9 Å². The van der Waals surface area contributed by atoms with E-state index >= 15 is 0 Å². The number of amides is 1. The summed E-state index contributed by atoms with van der Waals surface area (Å²) < 4.78 is 10.1. The lowest BCUT2D eigenvalue weighted by Gasteiger charge is -2.58. The molecule has 8 bridgehead atoms. The van der Waals surface area contributed by atoms with Gasteiger partial charge in [-0.25, -0.2) is 4.98 Å². The third-order valence-electron chi connectivity index (χ3n) is 14.0. The molecule has 0 radical (unpaired) electrons. The number of hydrogen-bond donors (Lipinski definition) is 3. The Balaban J connectivity index is 1.60. The van der Waals surface area contributed by atoms with Gasteiger partial charge in [0.2, 0.25) is 5.91 Å². The molecule has 0 saturated carbocycles. The van der Waals surface area contributed by atoms with Crippen LogP contribution in [0.5, 0.6) is 0 Å². The van der Waals surface area contributed by atoms with Crippen LogP contribution in [0.15, 0.2) is 42.0 Å². The molecular formula is C48H52N6O6. The van der Waals surface area contributed by atoms with E-state index in [1.807, 2.05) is 51.2 Å². The first-order valence-corrected chi connectivity index (χ1v) is 20.6. The zero-order valence-corrected chi connectivity index (χ0v) is 35.8. The highest BCUT2D eigenvalue weighted by Crippen LogP contribution is 2.65. The summed E-state index contributed by atoms with van der Waals surface area (Å²) in [7, 11) is 4.75. The molecule has 3 unspecified atom stereocenters. The van der Waals surface area contributed by atoms with Crippen molar-refractivity contribution in [1.29, 1.82) is 0 Å². The van der Waals surface area contributed by atoms with E-state index in [2.05, 4.69) is 54.7 Å². The number of esters is 2. The molecule has 4 aliphatic rings. The summed E-state index contributed by atoms with van der Waals surface area (Å²) in [6, 6.07) is 11.5. The first-order chi connectivity index (χ1) is 28.7. The molecular weight excluding hydrogens is 757 g/mol. The normalized spacial score (nSPS) is 20.1. The molecule has 3 aromatic heterocycles. The van der Waals surface area contributed by atoms with Crippen molar-refractivity contribution in [1.82, 2.24) is 19.9 Å². The van der Waals surface area contributed by atoms with Crippen LogP contribution in [0.1, 0.15) is 120 Å². The number of allylic oxidation sites excluding steroid dienone is 2. The molecule has 1 aliphatic carbocycles.